The zero-order valence-electron chi connectivity index (χ0n) is 14.5. The van der Waals surface area contributed by atoms with Crippen molar-refractivity contribution >= 4 is 34.3 Å². The molecule has 2 heterocycles. The third kappa shape index (κ3) is 3.01. The average Bonchev–Trinajstić information content (AvgIpc) is 2.88. The molecule has 2 aliphatic rings. The number of anilines is 1. The van der Waals surface area contributed by atoms with Crippen LogP contribution in [0.1, 0.15) is 20.8 Å². The van der Waals surface area contributed by atoms with Crippen LogP contribution in [0.15, 0.2) is 18.3 Å². The van der Waals surface area contributed by atoms with Crippen molar-refractivity contribution < 1.29 is 23.5 Å². The van der Waals surface area contributed by atoms with Crippen LogP contribution in [0.3, 0.4) is 0 Å². The predicted molar refractivity (Wildman–Crippen MR) is 93.1 cm³/mol. The van der Waals surface area contributed by atoms with Crippen molar-refractivity contribution in [1.82, 2.24) is 9.71 Å². The van der Waals surface area contributed by atoms with E-state index in [0.29, 0.717) is 4.73 Å². The number of halogens is 3. The number of amides is 1. The van der Waals surface area contributed by atoms with Crippen LogP contribution in [0.4, 0.5) is 19.3 Å². The van der Waals surface area contributed by atoms with Crippen molar-refractivity contribution in [1.29, 1.82) is 0 Å². The summed E-state index contributed by atoms with van der Waals surface area (Å²) in [6, 6.07) is 2.22. The number of ether oxygens (including phenoxy) is 1. The Balaban J connectivity index is 2.27. The molecule has 1 aromatic carbocycles. The number of hydrogen-bond donors (Lipinski definition) is 1. The van der Waals surface area contributed by atoms with Gasteiger partial charge in [-0.25, -0.2) is 18.6 Å². The van der Waals surface area contributed by atoms with E-state index < -0.39 is 23.3 Å². The third-order valence-corrected chi connectivity index (χ3v) is 3.88. The van der Waals surface area contributed by atoms with Gasteiger partial charge in [-0.05, 0) is 26.8 Å². The van der Waals surface area contributed by atoms with Gasteiger partial charge in [0.1, 0.15) is 11.1 Å². The molecule has 0 unspecified atom stereocenters. The molecule has 1 N–H and O–H groups in total. The van der Waals surface area contributed by atoms with E-state index in [9.17, 15) is 18.8 Å². The molecule has 0 radical (unpaired) electrons. The molecular weight excluding hydrogens is 368 g/mol. The molecule has 0 aromatic heterocycles. The maximum atomic E-state index is 14.5. The van der Waals surface area contributed by atoms with Crippen LogP contribution in [-0.2, 0) is 4.74 Å². The Bertz CT molecular complexity index is 997. The van der Waals surface area contributed by atoms with Gasteiger partial charge in [-0.1, -0.05) is 11.6 Å². The Hall–Kier alpha value is -2.61. The summed E-state index contributed by atoms with van der Waals surface area (Å²) >= 11 is 5.89. The minimum Gasteiger partial charge on any atom is -0.443 e. The third-order valence-electron chi connectivity index (χ3n) is 3.67. The van der Waals surface area contributed by atoms with Crippen LogP contribution in [0, 0.1) is 11.6 Å². The molecule has 0 spiro atoms. The van der Waals surface area contributed by atoms with Gasteiger partial charge >= 0.3 is 6.09 Å². The van der Waals surface area contributed by atoms with Crippen molar-refractivity contribution in [2.45, 2.75) is 26.4 Å². The molecule has 2 aliphatic heterocycles. The lowest BCUT2D eigenvalue weighted by molar-refractivity contribution is 0.0589. The van der Waals surface area contributed by atoms with Gasteiger partial charge in [-0.15, -0.1) is 0 Å². The highest BCUT2D eigenvalue weighted by Gasteiger charge is 2.28. The lowest BCUT2D eigenvalue weighted by Gasteiger charge is -2.25. The molecule has 138 valence electrons. The average molecular weight is 384 g/mol. The Kier molecular flexibility index (Phi) is 4.18. The van der Waals surface area contributed by atoms with Crippen LogP contribution in [0.25, 0.3) is 22.3 Å². The Morgan fingerprint density at radius 2 is 2.00 bits per heavy atom. The van der Waals surface area contributed by atoms with E-state index in [0.717, 1.165) is 11.0 Å². The number of carbonyl (C=O) groups is 1. The number of fused-ring (bicyclic) bond motifs is 3. The summed E-state index contributed by atoms with van der Waals surface area (Å²) in [4.78, 5) is 17.5. The molecule has 0 aliphatic carbocycles. The zero-order valence-corrected chi connectivity index (χ0v) is 15.2. The second-order valence-corrected chi connectivity index (χ2v) is 7.24. The largest absolute Gasteiger partial charge is 0.443 e. The topological polar surface area (TPSA) is 67.6 Å². The summed E-state index contributed by atoms with van der Waals surface area (Å²) in [5.74, 6) is -2.33. The van der Waals surface area contributed by atoms with E-state index in [1.165, 1.54) is 19.3 Å². The minimum absolute atomic E-state index is 0.000437. The number of pyridine rings is 1. The minimum atomic E-state index is -1.17. The molecule has 0 saturated heterocycles. The van der Waals surface area contributed by atoms with Crippen LogP contribution in [0.5, 0.6) is 0 Å². The van der Waals surface area contributed by atoms with Crippen molar-refractivity contribution in [2.75, 3.05) is 11.9 Å². The second kappa shape index (κ2) is 5.98. The van der Waals surface area contributed by atoms with Crippen LogP contribution in [-0.4, -0.2) is 33.7 Å². The molecular formula is C17H16ClF2N3O3. The first kappa shape index (κ1) is 18.2. The monoisotopic (exact) mass is 383 g/mol. The first-order valence-corrected chi connectivity index (χ1v) is 8.02. The summed E-state index contributed by atoms with van der Waals surface area (Å²) in [5, 5.41) is 9.88. The molecule has 1 amide bonds. The standard InChI is InChI=1S/C17H16ClF2N3O3/c1-17(2,3)26-16(24)22(4)11-6-10(19)13(20)12-9-5-8(18)7-23(25)15(9)21-14(11)12/h5-7,25H,1-4H3. The predicted octanol–water partition coefficient (Wildman–Crippen LogP) is 4.68. The fourth-order valence-electron chi connectivity index (χ4n) is 2.59. The summed E-state index contributed by atoms with van der Waals surface area (Å²) in [5.41, 5.74) is -0.655. The van der Waals surface area contributed by atoms with E-state index in [1.54, 1.807) is 20.8 Å². The number of rotatable bonds is 1. The Morgan fingerprint density at radius 1 is 1.35 bits per heavy atom. The highest BCUT2D eigenvalue weighted by Crippen LogP contribution is 2.39. The van der Waals surface area contributed by atoms with E-state index in [2.05, 4.69) is 4.98 Å². The van der Waals surface area contributed by atoms with E-state index in [1.807, 2.05) is 0 Å². The van der Waals surface area contributed by atoms with Crippen molar-refractivity contribution in [3.63, 3.8) is 0 Å². The van der Waals surface area contributed by atoms with Gasteiger partial charge in [0.2, 0.25) is 0 Å². The quantitative estimate of drug-likeness (QED) is 0.619. The van der Waals surface area contributed by atoms with Gasteiger partial charge < -0.3 is 9.94 Å². The number of carbonyl (C=O) groups excluding carboxylic acids is 1. The summed E-state index contributed by atoms with van der Waals surface area (Å²) in [6.07, 6.45) is 0.410. The molecule has 0 bridgehead atoms. The summed E-state index contributed by atoms with van der Waals surface area (Å²) in [7, 11) is 1.36. The van der Waals surface area contributed by atoms with Gasteiger partial charge in [0.05, 0.1) is 22.3 Å². The van der Waals surface area contributed by atoms with E-state index in [-0.39, 0.29) is 33.0 Å². The first-order valence-electron chi connectivity index (χ1n) is 7.65. The van der Waals surface area contributed by atoms with Gasteiger partial charge in [0.25, 0.3) is 0 Å². The number of benzene rings is 1. The lowest BCUT2D eigenvalue weighted by Crippen LogP contribution is -2.34. The first-order chi connectivity index (χ1) is 12.0. The SMILES string of the molecule is CN(C(=O)OC(C)(C)C)c1cc(F)c(F)c2c3cc(Cl)cn(O)c-3nc12. The second-order valence-electron chi connectivity index (χ2n) is 6.81. The summed E-state index contributed by atoms with van der Waals surface area (Å²) in [6.45, 7) is 5.06. The Morgan fingerprint density at radius 3 is 2.62 bits per heavy atom. The summed E-state index contributed by atoms with van der Waals surface area (Å²) < 4.78 is 34.5. The molecule has 0 saturated carbocycles. The van der Waals surface area contributed by atoms with E-state index in [4.69, 9.17) is 16.3 Å². The van der Waals surface area contributed by atoms with Crippen molar-refractivity contribution in [2.24, 2.45) is 0 Å². The zero-order chi connectivity index (χ0) is 19.4. The maximum absolute atomic E-state index is 14.5. The smallest absolute Gasteiger partial charge is 0.414 e. The number of nitrogens with zero attached hydrogens (tertiary/aromatic N) is 3. The van der Waals surface area contributed by atoms with Gasteiger partial charge in [0, 0.05) is 18.7 Å². The molecule has 6 nitrogen and oxygen atoms in total. The highest BCUT2D eigenvalue weighted by atomic mass is 35.5. The fraction of sp³-hybridized carbons (Fsp3) is 0.294. The Labute approximate surface area is 152 Å². The molecule has 1 aromatic rings. The fourth-order valence-corrected chi connectivity index (χ4v) is 2.79. The van der Waals surface area contributed by atoms with Crippen LogP contribution in [0.2, 0.25) is 5.02 Å². The molecule has 26 heavy (non-hydrogen) atoms. The van der Waals surface area contributed by atoms with Crippen LogP contribution < -0.4 is 4.90 Å². The van der Waals surface area contributed by atoms with Crippen molar-refractivity contribution in [3.8, 4) is 11.4 Å². The molecule has 3 rings (SSSR count). The number of aromatic nitrogens is 2. The van der Waals surface area contributed by atoms with Gasteiger partial charge in [-0.2, -0.15) is 4.73 Å². The maximum Gasteiger partial charge on any atom is 0.414 e. The van der Waals surface area contributed by atoms with Crippen LogP contribution >= 0.6 is 11.6 Å². The number of hydrogen-bond acceptors (Lipinski definition) is 4. The lowest BCUT2D eigenvalue weighted by atomic mass is 10.1. The highest BCUT2D eigenvalue weighted by molar-refractivity contribution is 6.31. The molecule has 0 atom stereocenters. The molecule has 0 fully saturated rings. The van der Waals surface area contributed by atoms with Gasteiger partial charge in [-0.3, -0.25) is 4.90 Å². The van der Waals surface area contributed by atoms with E-state index >= 15 is 0 Å². The van der Waals surface area contributed by atoms with Gasteiger partial charge in [0.15, 0.2) is 17.5 Å². The normalized spacial score (nSPS) is 12.0. The molecule has 9 heteroatoms. The van der Waals surface area contributed by atoms with Crippen molar-refractivity contribution in [3.05, 3.63) is 35.0 Å².